The number of rotatable bonds is 5. The molecule has 16 heavy (non-hydrogen) atoms. The molecule has 1 heterocycles. The molecule has 4 nitrogen and oxygen atoms in total. The van der Waals surface area contributed by atoms with E-state index in [-0.39, 0.29) is 11.6 Å². The van der Waals surface area contributed by atoms with E-state index in [2.05, 4.69) is 25.7 Å². The van der Waals surface area contributed by atoms with E-state index < -0.39 is 0 Å². The van der Waals surface area contributed by atoms with E-state index >= 15 is 0 Å². The summed E-state index contributed by atoms with van der Waals surface area (Å²) in [6, 6.07) is 0.326. The lowest BCUT2D eigenvalue weighted by molar-refractivity contribution is 0.0177. The van der Waals surface area contributed by atoms with Crippen molar-refractivity contribution in [2.45, 2.75) is 44.9 Å². The number of hydrogen-bond donors (Lipinski definition) is 1. The number of hydrogen-bond acceptors (Lipinski definition) is 4. The van der Waals surface area contributed by atoms with Gasteiger partial charge in [-0.1, -0.05) is 0 Å². The summed E-state index contributed by atoms with van der Waals surface area (Å²) in [5, 5.41) is 9.71. The third-order valence-electron chi connectivity index (χ3n) is 3.00. The smallest absolute Gasteiger partial charge is 0.0701 e. The summed E-state index contributed by atoms with van der Waals surface area (Å²) in [5.74, 6) is 0. The second-order valence-electron chi connectivity index (χ2n) is 5.43. The van der Waals surface area contributed by atoms with E-state index in [9.17, 15) is 5.11 Å². The Balaban J connectivity index is 2.38. The predicted molar refractivity (Wildman–Crippen MR) is 63.6 cm³/mol. The van der Waals surface area contributed by atoms with Gasteiger partial charge in [-0.3, -0.25) is 4.90 Å². The van der Waals surface area contributed by atoms with E-state index in [4.69, 9.17) is 9.47 Å². The lowest BCUT2D eigenvalue weighted by atomic mass is 10.1. The van der Waals surface area contributed by atoms with Crippen LogP contribution in [-0.2, 0) is 9.47 Å². The molecule has 0 aromatic carbocycles. The highest BCUT2D eigenvalue weighted by atomic mass is 16.5. The lowest BCUT2D eigenvalue weighted by Gasteiger charge is -2.36. The number of likely N-dealkylation sites (tertiary alicyclic amines) is 1. The molecule has 0 aliphatic carbocycles. The molecule has 1 aliphatic heterocycles. The summed E-state index contributed by atoms with van der Waals surface area (Å²) in [4.78, 5) is 2.32. The summed E-state index contributed by atoms with van der Waals surface area (Å²) < 4.78 is 10.5. The molecule has 0 aromatic rings. The zero-order valence-corrected chi connectivity index (χ0v) is 10.9. The van der Waals surface area contributed by atoms with Crippen LogP contribution in [-0.4, -0.2) is 61.2 Å². The molecular weight excluding hydrogens is 206 g/mol. The number of ether oxygens (including phenoxy) is 2. The van der Waals surface area contributed by atoms with E-state index in [1.807, 2.05) is 0 Å². The Bertz CT molecular complexity index is 203. The fourth-order valence-corrected chi connectivity index (χ4v) is 2.23. The summed E-state index contributed by atoms with van der Waals surface area (Å²) in [6.07, 6.45) is 0.597. The molecule has 1 rings (SSSR count). The van der Waals surface area contributed by atoms with Gasteiger partial charge in [-0.15, -0.1) is 0 Å². The zero-order chi connectivity index (χ0) is 12.2. The summed E-state index contributed by atoms with van der Waals surface area (Å²) >= 11 is 0. The molecule has 2 atom stereocenters. The minimum Gasteiger partial charge on any atom is -0.392 e. The fourth-order valence-electron chi connectivity index (χ4n) is 2.23. The van der Waals surface area contributed by atoms with Crippen LogP contribution in [0.5, 0.6) is 0 Å². The van der Waals surface area contributed by atoms with Crippen LogP contribution in [0.2, 0.25) is 0 Å². The van der Waals surface area contributed by atoms with Gasteiger partial charge in [0, 0.05) is 25.2 Å². The first-order valence-electron chi connectivity index (χ1n) is 5.96. The molecule has 96 valence electrons. The fraction of sp³-hybridized carbons (Fsp3) is 1.00. The average molecular weight is 231 g/mol. The molecule has 1 saturated heterocycles. The quantitative estimate of drug-likeness (QED) is 0.713. The number of aliphatic hydroxyl groups is 1. The van der Waals surface area contributed by atoms with E-state index in [0.29, 0.717) is 25.9 Å². The second kappa shape index (κ2) is 5.96. The Morgan fingerprint density at radius 1 is 1.31 bits per heavy atom. The molecule has 0 radical (unpaired) electrons. The van der Waals surface area contributed by atoms with Gasteiger partial charge in [0.15, 0.2) is 0 Å². The first-order chi connectivity index (χ1) is 7.45. The second-order valence-corrected chi connectivity index (χ2v) is 5.43. The third kappa shape index (κ3) is 4.01. The van der Waals surface area contributed by atoms with Crippen molar-refractivity contribution >= 4 is 0 Å². The van der Waals surface area contributed by atoms with Gasteiger partial charge in [0.25, 0.3) is 0 Å². The van der Waals surface area contributed by atoms with Crippen molar-refractivity contribution in [1.82, 2.24) is 4.90 Å². The van der Waals surface area contributed by atoms with Gasteiger partial charge in [0.1, 0.15) is 0 Å². The molecule has 1 N–H and O–H groups in total. The molecule has 0 amide bonds. The Hall–Kier alpha value is -0.160. The maximum absolute atomic E-state index is 9.71. The zero-order valence-electron chi connectivity index (χ0n) is 10.9. The monoisotopic (exact) mass is 231 g/mol. The van der Waals surface area contributed by atoms with Gasteiger partial charge in [-0.2, -0.15) is 0 Å². The largest absolute Gasteiger partial charge is 0.392 e. The van der Waals surface area contributed by atoms with Gasteiger partial charge >= 0.3 is 0 Å². The summed E-state index contributed by atoms with van der Waals surface area (Å²) in [5.41, 5.74) is 0.0900. The molecule has 0 bridgehead atoms. The van der Waals surface area contributed by atoms with Crippen molar-refractivity contribution in [1.29, 1.82) is 0 Å². The Labute approximate surface area is 98.5 Å². The number of nitrogens with zero attached hydrogens (tertiary/aromatic N) is 1. The lowest BCUT2D eigenvalue weighted by Crippen LogP contribution is -2.46. The average Bonchev–Trinajstić information content (AvgIpc) is 2.54. The van der Waals surface area contributed by atoms with Crippen molar-refractivity contribution in [3.05, 3.63) is 0 Å². The van der Waals surface area contributed by atoms with Crippen LogP contribution >= 0.6 is 0 Å². The first-order valence-corrected chi connectivity index (χ1v) is 5.96. The number of aliphatic hydroxyl groups excluding tert-OH is 1. The normalized spacial score (nSPS) is 27.6. The molecular formula is C12H25NO3. The Morgan fingerprint density at radius 3 is 2.56 bits per heavy atom. The van der Waals surface area contributed by atoms with Gasteiger partial charge in [0.05, 0.1) is 25.9 Å². The molecule has 4 heteroatoms. The molecule has 0 spiro atoms. The molecule has 1 fully saturated rings. The van der Waals surface area contributed by atoms with Crippen LogP contribution in [0.25, 0.3) is 0 Å². The third-order valence-corrected chi connectivity index (χ3v) is 3.00. The minimum absolute atomic E-state index is 0.0900. The topological polar surface area (TPSA) is 41.9 Å². The maximum atomic E-state index is 9.71. The van der Waals surface area contributed by atoms with E-state index in [0.717, 1.165) is 13.0 Å². The maximum Gasteiger partial charge on any atom is 0.0701 e. The minimum atomic E-state index is -0.213. The van der Waals surface area contributed by atoms with Crippen molar-refractivity contribution in [2.24, 2.45) is 0 Å². The van der Waals surface area contributed by atoms with Crippen molar-refractivity contribution in [3.8, 4) is 0 Å². The Kier molecular flexibility index (Phi) is 5.18. The summed E-state index contributed by atoms with van der Waals surface area (Å²) in [6.45, 7) is 9.21. The summed E-state index contributed by atoms with van der Waals surface area (Å²) in [7, 11) is 1.67. The highest BCUT2D eigenvalue weighted by Gasteiger charge is 2.37. The van der Waals surface area contributed by atoms with Crippen molar-refractivity contribution in [2.75, 3.05) is 33.5 Å². The van der Waals surface area contributed by atoms with E-state index in [1.165, 1.54) is 0 Å². The van der Waals surface area contributed by atoms with Crippen LogP contribution in [0.4, 0.5) is 0 Å². The van der Waals surface area contributed by atoms with Crippen LogP contribution in [0.1, 0.15) is 27.2 Å². The molecule has 0 unspecified atom stereocenters. The van der Waals surface area contributed by atoms with Crippen LogP contribution in [0.3, 0.4) is 0 Å². The van der Waals surface area contributed by atoms with E-state index in [1.54, 1.807) is 7.11 Å². The highest BCUT2D eigenvalue weighted by molar-refractivity contribution is 4.92. The van der Waals surface area contributed by atoms with Gasteiger partial charge in [-0.05, 0) is 27.2 Å². The van der Waals surface area contributed by atoms with Crippen LogP contribution in [0.15, 0.2) is 0 Å². The number of β-amino-alcohol motifs (C(OH)–C–C–N with tert-alkyl or cyclic N) is 1. The van der Waals surface area contributed by atoms with Crippen LogP contribution in [0, 0.1) is 0 Å². The highest BCUT2D eigenvalue weighted by Crippen LogP contribution is 2.26. The number of methoxy groups -OCH3 is 1. The SMILES string of the molecule is COCCOC[C@@H]1C[C@H](O)CN1C(C)(C)C. The molecule has 1 aliphatic rings. The van der Waals surface area contributed by atoms with Crippen molar-refractivity contribution in [3.63, 3.8) is 0 Å². The first kappa shape index (κ1) is 13.9. The molecule has 0 aromatic heterocycles. The van der Waals surface area contributed by atoms with Crippen molar-refractivity contribution < 1.29 is 14.6 Å². The Morgan fingerprint density at radius 2 is 2.00 bits per heavy atom. The van der Waals surface area contributed by atoms with Gasteiger partial charge in [0.2, 0.25) is 0 Å². The predicted octanol–water partition coefficient (Wildman–Crippen LogP) is 0.883. The standard InChI is InChI=1S/C12H25NO3/c1-12(2,3)13-8-11(14)7-10(13)9-16-6-5-15-4/h10-11,14H,5-9H2,1-4H3/t10-,11-/m0/s1. The van der Waals surface area contributed by atoms with Crippen LogP contribution < -0.4 is 0 Å². The van der Waals surface area contributed by atoms with Gasteiger partial charge in [-0.25, -0.2) is 0 Å². The molecule has 0 saturated carbocycles. The van der Waals surface area contributed by atoms with Gasteiger partial charge < -0.3 is 14.6 Å².